The lowest BCUT2D eigenvalue weighted by molar-refractivity contribution is -0.121. The largest absolute Gasteiger partial charge is 0.497 e. The van der Waals surface area contributed by atoms with Gasteiger partial charge in [-0.3, -0.25) is 9.10 Å². The van der Waals surface area contributed by atoms with Gasteiger partial charge in [0.15, 0.2) is 0 Å². The van der Waals surface area contributed by atoms with Gasteiger partial charge in [0.1, 0.15) is 17.5 Å². The predicted molar refractivity (Wildman–Crippen MR) is 109 cm³/mol. The van der Waals surface area contributed by atoms with Crippen LogP contribution in [0.15, 0.2) is 48.5 Å². The second kappa shape index (κ2) is 9.45. The fraction of sp³-hybridized carbons (Fsp3) is 0.350. The molecule has 0 saturated carbocycles. The Morgan fingerprint density at radius 3 is 2.36 bits per heavy atom. The van der Waals surface area contributed by atoms with Crippen LogP contribution in [0.5, 0.6) is 11.5 Å². The summed E-state index contributed by atoms with van der Waals surface area (Å²) >= 11 is 0. The molecule has 0 radical (unpaired) electrons. The van der Waals surface area contributed by atoms with Crippen LogP contribution in [-0.4, -0.2) is 47.4 Å². The summed E-state index contributed by atoms with van der Waals surface area (Å²) in [6.07, 6.45) is 1.71. The predicted octanol–water partition coefficient (Wildman–Crippen LogP) is 2.22. The molecular weight excluding hydrogens is 380 g/mol. The van der Waals surface area contributed by atoms with Gasteiger partial charge in [0.25, 0.3) is 0 Å². The average molecular weight is 407 g/mol. The lowest BCUT2D eigenvalue weighted by atomic mass is 10.1. The third-order valence-electron chi connectivity index (χ3n) is 4.27. The third-order valence-corrected chi connectivity index (χ3v) is 5.50. The number of nitrogens with one attached hydrogen (secondary N) is 1. The van der Waals surface area contributed by atoms with Gasteiger partial charge >= 0.3 is 0 Å². The Labute approximate surface area is 166 Å². The van der Waals surface area contributed by atoms with Crippen LogP contribution < -0.4 is 19.1 Å². The number of methoxy groups -OCH3 is 2. The number of anilines is 1. The maximum absolute atomic E-state index is 12.7. The summed E-state index contributed by atoms with van der Waals surface area (Å²) in [7, 11) is -0.837. The van der Waals surface area contributed by atoms with E-state index in [-0.39, 0.29) is 5.69 Å². The fourth-order valence-corrected chi connectivity index (χ4v) is 4.04. The van der Waals surface area contributed by atoms with E-state index in [1.165, 1.54) is 27.2 Å². The number of carbonyl (C=O) groups excluding carboxylic acids is 1. The summed E-state index contributed by atoms with van der Waals surface area (Å²) in [5.41, 5.74) is 1.33. The van der Waals surface area contributed by atoms with Crippen molar-refractivity contribution in [3.05, 3.63) is 54.1 Å². The van der Waals surface area contributed by atoms with Crippen molar-refractivity contribution in [3.63, 3.8) is 0 Å². The standard InChI is InChI=1S/C20H26N2O5S/c1-15(20(23)21-13-12-16-8-6-5-7-9-16)22(28(4,24)25)18-14-17(26-2)10-11-19(18)27-3/h5-11,14-15H,12-13H2,1-4H3,(H,21,23)/t15-/m1/s1. The molecule has 0 fully saturated rings. The van der Waals surface area contributed by atoms with Gasteiger partial charge in [-0.25, -0.2) is 8.42 Å². The summed E-state index contributed by atoms with van der Waals surface area (Å²) < 4.78 is 36.5. The van der Waals surface area contributed by atoms with Gasteiger partial charge < -0.3 is 14.8 Å². The van der Waals surface area contributed by atoms with Crippen molar-refractivity contribution < 1.29 is 22.7 Å². The minimum Gasteiger partial charge on any atom is -0.497 e. The van der Waals surface area contributed by atoms with Crippen LogP contribution in [-0.2, 0) is 21.2 Å². The van der Waals surface area contributed by atoms with Crippen LogP contribution in [0, 0.1) is 0 Å². The van der Waals surface area contributed by atoms with Gasteiger partial charge in [-0.2, -0.15) is 0 Å². The minimum atomic E-state index is -3.76. The molecule has 0 aromatic heterocycles. The quantitative estimate of drug-likeness (QED) is 0.690. The minimum absolute atomic E-state index is 0.245. The van der Waals surface area contributed by atoms with Crippen LogP contribution in [0.3, 0.4) is 0 Å². The van der Waals surface area contributed by atoms with E-state index in [9.17, 15) is 13.2 Å². The molecule has 0 saturated heterocycles. The maximum atomic E-state index is 12.7. The van der Waals surface area contributed by atoms with Crippen LogP contribution in [0.25, 0.3) is 0 Å². The second-order valence-corrected chi connectivity index (χ2v) is 8.16. The van der Waals surface area contributed by atoms with Crippen molar-refractivity contribution in [2.24, 2.45) is 0 Å². The molecule has 0 unspecified atom stereocenters. The summed E-state index contributed by atoms with van der Waals surface area (Å²) in [5.74, 6) is 0.391. The Bertz CT molecular complexity index is 900. The Kier molecular flexibility index (Phi) is 7.28. The highest BCUT2D eigenvalue weighted by atomic mass is 32.2. The molecular formula is C20H26N2O5S. The molecule has 0 aliphatic rings. The molecule has 2 rings (SSSR count). The van der Waals surface area contributed by atoms with Gasteiger partial charge in [0.05, 0.1) is 26.2 Å². The lowest BCUT2D eigenvalue weighted by Crippen LogP contribution is -2.48. The third kappa shape index (κ3) is 5.39. The molecule has 2 aromatic rings. The van der Waals surface area contributed by atoms with Crippen molar-refractivity contribution >= 4 is 21.6 Å². The molecule has 0 spiro atoms. The Morgan fingerprint density at radius 1 is 1.11 bits per heavy atom. The van der Waals surface area contributed by atoms with E-state index < -0.39 is 22.0 Å². The molecule has 7 nitrogen and oxygen atoms in total. The molecule has 28 heavy (non-hydrogen) atoms. The molecule has 0 aliphatic carbocycles. The maximum Gasteiger partial charge on any atom is 0.243 e. The average Bonchev–Trinajstić information content (AvgIpc) is 2.67. The van der Waals surface area contributed by atoms with E-state index in [2.05, 4.69) is 5.32 Å². The van der Waals surface area contributed by atoms with Crippen LogP contribution in [0.2, 0.25) is 0 Å². The van der Waals surface area contributed by atoms with Crippen molar-refractivity contribution in [1.82, 2.24) is 5.32 Å². The van der Waals surface area contributed by atoms with Crippen LogP contribution in [0.1, 0.15) is 12.5 Å². The topological polar surface area (TPSA) is 84.9 Å². The highest BCUT2D eigenvalue weighted by molar-refractivity contribution is 7.92. The number of ether oxygens (including phenoxy) is 2. The lowest BCUT2D eigenvalue weighted by Gasteiger charge is -2.29. The second-order valence-electron chi connectivity index (χ2n) is 6.30. The van der Waals surface area contributed by atoms with E-state index in [4.69, 9.17) is 9.47 Å². The highest BCUT2D eigenvalue weighted by Crippen LogP contribution is 2.35. The molecule has 152 valence electrons. The summed E-state index contributed by atoms with van der Waals surface area (Å²) in [5, 5.41) is 2.80. The van der Waals surface area contributed by atoms with E-state index in [0.717, 1.165) is 16.1 Å². The SMILES string of the molecule is COc1ccc(OC)c(N([C@H](C)C(=O)NCCc2ccccc2)S(C)(=O)=O)c1. The molecule has 1 atom stereocenters. The zero-order valence-corrected chi connectivity index (χ0v) is 17.3. The smallest absolute Gasteiger partial charge is 0.243 e. The first kappa shape index (κ1) is 21.6. The Morgan fingerprint density at radius 2 is 1.79 bits per heavy atom. The Balaban J connectivity index is 2.22. The highest BCUT2D eigenvalue weighted by Gasteiger charge is 2.31. The molecule has 0 bridgehead atoms. The number of amides is 1. The van der Waals surface area contributed by atoms with E-state index in [1.54, 1.807) is 12.1 Å². The monoisotopic (exact) mass is 406 g/mol. The first-order chi connectivity index (χ1) is 13.3. The van der Waals surface area contributed by atoms with Crippen LogP contribution in [0.4, 0.5) is 5.69 Å². The number of rotatable bonds is 9. The van der Waals surface area contributed by atoms with Crippen molar-refractivity contribution in [1.29, 1.82) is 0 Å². The zero-order chi connectivity index (χ0) is 20.7. The van der Waals surface area contributed by atoms with Crippen molar-refractivity contribution in [2.45, 2.75) is 19.4 Å². The fourth-order valence-electron chi connectivity index (χ4n) is 2.87. The van der Waals surface area contributed by atoms with Gasteiger partial charge in [-0.1, -0.05) is 30.3 Å². The molecule has 1 amide bonds. The van der Waals surface area contributed by atoms with Crippen LogP contribution >= 0.6 is 0 Å². The number of carbonyl (C=O) groups is 1. The molecule has 2 aromatic carbocycles. The molecule has 0 heterocycles. The molecule has 0 aliphatic heterocycles. The van der Waals surface area contributed by atoms with E-state index in [0.29, 0.717) is 24.5 Å². The van der Waals surface area contributed by atoms with E-state index in [1.807, 2.05) is 30.3 Å². The van der Waals surface area contributed by atoms with Gasteiger partial charge in [0.2, 0.25) is 15.9 Å². The zero-order valence-electron chi connectivity index (χ0n) is 16.5. The number of benzene rings is 2. The number of hydrogen-bond donors (Lipinski definition) is 1. The summed E-state index contributed by atoms with van der Waals surface area (Å²) in [4.78, 5) is 12.7. The van der Waals surface area contributed by atoms with Crippen molar-refractivity contribution in [3.8, 4) is 11.5 Å². The molecule has 1 N–H and O–H groups in total. The number of sulfonamides is 1. The number of nitrogens with zero attached hydrogens (tertiary/aromatic N) is 1. The summed E-state index contributed by atoms with van der Waals surface area (Å²) in [6.45, 7) is 1.94. The first-order valence-corrected chi connectivity index (χ1v) is 10.7. The Hall–Kier alpha value is -2.74. The van der Waals surface area contributed by atoms with Gasteiger partial charge in [-0.05, 0) is 31.0 Å². The normalized spacial score (nSPS) is 12.1. The molecule has 8 heteroatoms. The van der Waals surface area contributed by atoms with E-state index >= 15 is 0 Å². The van der Waals surface area contributed by atoms with Gasteiger partial charge in [-0.15, -0.1) is 0 Å². The van der Waals surface area contributed by atoms with Crippen molar-refractivity contribution in [2.75, 3.05) is 31.3 Å². The number of hydrogen-bond acceptors (Lipinski definition) is 5. The van der Waals surface area contributed by atoms with Gasteiger partial charge in [0, 0.05) is 12.6 Å². The first-order valence-electron chi connectivity index (χ1n) is 8.81. The summed E-state index contributed by atoms with van der Waals surface area (Å²) in [6, 6.07) is 13.6.